The van der Waals surface area contributed by atoms with E-state index < -0.39 is 35.8 Å². The van der Waals surface area contributed by atoms with Crippen molar-refractivity contribution in [1.29, 1.82) is 0 Å². The van der Waals surface area contributed by atoms with E-state index in [1.54, 1.807) is 0 Å². The van der Waals surface area contributed by atoms with Gasteiger partial charge in [0.25, 0.3) is 5.91 Å². The van der Waals surface area contributed by atoms with Crippen LogP contribution in [0.3, 0.4) is 0 Å². The van der Waals surface area contributed by atoms with Crippen LogP contribution in [-0.4, -0.2) is 35.8 Å². The standard InChI is InChI=1S/C13H10F7NO2/c1-7(9(22)8-5-3-2-4-6-8)21-10(23)11(14,15)12(16,17)13(18,19)20/h2-7H,1H3,(H,21,23)/t7-/m0/s1. The van der Waals surface area contributed by atoms with Gasteiger partial charge in [-0.05, 0) is 6.92 Å². The maximum absolute atomic E-state index is 13.1. The molecule has 0 unspecified atom stereocenters. The second-order valence-electron chi connectivity index (χ2n) is 4.57. The molecule has 1 aromatic carbocycles. The predicted octanol–water partition coefficient (Wildman–Crippen LogP) is 3.21. The van der Waals surface area contributed by atoms with E-state index in [-0.39, 0.29) is 5.56 Å². The third kappa shape index (κ3) is 3.62. The van der Waals surface area contributed by atoms with Crippen molar-refractivity contribution in [2.24, 2.45) is 0 Å². The first-order valence-corrected chi connectivity index (χ1v) is 6.05. The molecule has 0 radical (unpaired) electrons. The highest BCUT2D eigenvalue weighted by Crippen LogP contribution is 2.46. The molecule has 0 heterocycles. The van der Waals surface area contributed by atoms with Crippen molar-refractivity contribution in [2.45, 2.75) is 31.0 Å². The summed E-state index contributed by atoms with van der Waals surface area (Å²) in [6.07, 6.45) is -6.62. The van der Waals surface area contributed by atoms with E-state index in [2.05, 4.69) is 0 Å². The molecule has 0 aliphatic carbocycles. The topological polar surface area (TPSA) is 46.2 Å². The van der Waals surface area contributed by atoms with E-state index in [0.29, 0.717) is 0 Å². The van der Waals surface area contributed by atoms with E-state index >= 15 is 0 Å². The van der Waals surface area contributed by atoms with Crippen LogP contribution in [0.15, 0.2) is 30.3 Å². The molecule has 1 atom stereocenters. The molecule has 0 saturated carbocycles. The Balaban J connectivity index is 2.92. The number of alkyl halides is 7. The molecule has 3 nitrogen and oxygen atoms in total. The second-order valence-corrected chi connectivity index (χ2v) is 4.57. The first-order chi connectivity index (χ1) is 10.3. The SMILES string of the molecule is C[C@H](NC(=O)C(F)(F)C(F)(F)C(F)(F)F)C(=O)c1ccccc1. The third-order valence-corrected chi connectivity index (χ3v) is 2.83. The molecule has 0 aliphatic rings. The van der Waals surface area contributed by atoms with Crippen molar-refractivity contribution in [3.8, 4) is 0 Å². The first-order valence-electron chi connectivity index (χ1n) is 6.05. The number of halogens is 7. The van der Waals surface area contributed by atoms with E-state index in [1.807, 2.05) is 0 Å². The van der Waals surface area contributed by atoms with Gasteiger partial charge in [0.05, 0.1) is 6.04 Å². The van der Waals surface area contributed by atoms with Crippen molar-refractivity contribution in [2.75, 3.05) is 0 Å². The Bertz CT molecular complexity index is 584. The summed E-state index contributed by atoms with van der Waals surface area (Å²) in [4.78, 5) is 22.9. The Morgan fingerprint density at radius 1 is 0.957 bits per heavy atom. The molecule has 10 heteroatoms. The molecule has 1 N–H and O–H groups in total. The number of carbonyl (C=O) groups excluding carboxylic acids is 2. The number of carbonyl (C=O) groups is 2. The van der Waals surface area contributed by atoms with Crippen LogP contribution < -0.4 is 5.32 Å². The average Bonchev–Trinajstić information content (AvgIpc) is 2.45. The highest BCUT2D eigenvalue weighted by Gasteiger charge is 2.76. The number of benzene rings is 1. The highest BCUT2D eigenvalue weighted by molar-refractivity contribution is 6.02. The minimum absolute atomic E-state index is 0.0359. The van der Waals surface area contributed by atoms with Crippen LogP contribution >= 0.6 is 0 Å². The molecule has 1 rings (SSSR count). The third-order valence-electron chi connectivity index (χ3n) is 2.83. The van der Waals surface area contributed by atoms with Gasteiger partial charge in [0.15, 0.2) is 5.78 Å². The Hall–Kier alpha value is -2.13. The van der Waals surface area contributed by atoms with Crippen molar-refractivity contribution < 1.29 is 40.3 Å². The van der Waals surface area contributed by atoms with Crippen LogP contribution in [0.25, 0.3) is 0 Å². The zero-order valence-corrected chi connectivity index (χ0v) is 11.4. The Labute approximate surface area is 125 Å². The largest absolute Gasteiger partial charge is 0.460 e. The van der Waals surface area contributed by atoms with E-state index in [1.165, 1.54) is 35.6 Å². The number of ketones is 1. The van der Waals surface area contributed by atoms with E-state index in [0.717, 1.165) is 6.92 Å². The van der Waals surface area contributed by atoms with E-state index in [4.69, 9.17) is 0 Å². The van der Waals surface area contributed by atoms with Gasteiger partial charge in [0.2, 0.25) is 0 Å². The summed E-state index contributed by atoms with van der Waals surface area (Å²) < 4.78 is 87.6. The van der Waals surface area contributed by atoms with Crippen LogP contribution in [0.2, 0.25) is 0 Å². The summed E-state index contributed by atoms with van der Waals surface area (Å²) >= 11 is 0. The number of Topliss-reactive ketones (excluding diaryl/α,β-unsaturated/α-hetero) is 1. The van der Waals surface area contributed by atoms with Gasteiger partial charge in [-0.15, -0.1) is 0 Å². The molecule has 0 fully saturated rings. The van der Waals surface area contributed by atoms with E-state index in [9.17, 15) is 40.3 Å². The Kier molecular flexibility index (Phi) is 5.07. The minimum Gasteiger partial charge on any atom is -0.341 e. The number of amides is 1. The average molecular weight is 345 g/mol. The summed E-state index contributed by atoms with van der Waals surface area (Å²) in [5, 5.41) is 1.18. The molecular formula is C13H10F7NO2. The van der Waals surface area contributed by atoms with Crippen LogP contribution in [0.1, 0.15) is 17.3 Å². The summed E-state index contributed by atoms with van der Waals surface area (Å²) in [5.41, 5.74) is -0.0359. The van der Waals surface area contributed by atoms with Crippen molar-refractivity contribution >= 4 is 11.7 Å². The fraction of sp³-hybridized carbons (Fsp3) is 0.385. The van der Waals surface area contributed by atoms with Gasteiger partial charge in [-0.3, -0.25) is 9.59 Å². The lowest BCUT2D eigenvalue weighted by Crippen LogP contribution is -2.61. The molecule has 0 saturated heterocycles. The molecule has 0 bridgehead atoms. The zero-order chi connectivity index (χ0) is 18.1. The van der Waals surface area contributed by atoms with Gasteiger partial charge < -0.3 is 5.32 Å². The normalized spacial score (nSPS) is 14.3. The Morgan fingerprint density at radius 2 is 1.43 bits per heavy atom. The fourth-order valence-corrected chi connectivity index (χ4v) is 1.53. The first kappa shape index (κ1) is 18.9. The smallest absolute Gasteiger partial charge is 0.341 e. The van der Waals surface area contributed by atoms with Gasteiger partial charge in [-0.25, -0.2) is 0 Å². The summed E-state index contributed by atoms with van der Waals surface area (Å²) in [6, 6.07) is 5.14. The quantitative estimate of drug-likeness (QED) is 0.658. The molecule has 1 amide bonds. The van der Waals surface area contributed by atoms with Gasteiger partial charge in [-0.1, -0.05) is 30.3 Å². The van der Waals surface area contributed by atoms with Crippen molar-refractivity contribution in [3.05, 3.63) is 35.9 Å². The number of nitrogens with one attached hydrogen (secondary N) is 1. The van der Waals surface area contributed by atoms with Crippen LogP contribution in [0.4, 0.5) is 30.7 Å². The number of rotatable bonds is 5. The molecule has 23 heavy (non-hydrogen) atoms. The van der Waals surface area contributed by atoms with Crippen LogP contribution in [-0.2, 0) is 4.79 Å². The lowest BCUT2D eigenvalue weighted by molar-refractivity contribution is -0.344. The van der Waals surface area contributed by atoms with Gasteiger partial charge in [0.1, 0.15) is 0 Å². The molecule has 1 aromatic rings. The van der Waals surface area contributed by atoms with Gasteiger partial charge in [-0.2, -0.15) is 30.7 Å². The summed E-state index contributed by atoms with van der Waals surface area (Å²) in [5.74, 6) is -16.4. The summed E-state index contributed by atoms with van der Waals surface area (Å²) in [6.45, 7) is 0.884. The number of hydrogen-bond donors (Lipinski definition) is 1. The molecule has 0 spiro atoms. The number of hydrogen-bond acceptors (Lipinski definition) is 2. The molecule has 0 aromatic heterocycles. The maximum atomic E-state index is 13.1. The van der Waals surface area contributed by atoms with Crippen molar-refractivity contribution in [1.82, 2.24) is 5.32 Å². The molecule has 0 aliphatic heterocycles. The summed E-state index contributed by atoms with van der Waals surface area (Å²) in [7, 11) is 0. The molecule has 128 valence electrons. The van der Waals surface area contributed by atoms with Crippen LogP contribution in [0, 0.1) is 0 Å². The molecular weight excluding hydrogens is 335 g/mol. The lowest BCUT2D eigenvalue weighted by Gasteiger charge is -2.28. The second kappa shape index (κ2) is 6.17. The van der Waals surface area contributed by atoms with Gasteiger partial charge >= 0.3 is 18.0 Å². The highest BCUT2D eigenvalue weighted by atomic mass is 19.4. The monoisotopic (exact) mass is 345 g/mol. The van der Waals surface area contributed by atoms with Gasteiger partial charge in [0, 0.05) is 5.56 Å². The predicted molar refractivity (Wildman–Crippen MR) is 64.3 cm³/mol. The van der Waals surface area contributed by atoms with Crippen LogP contribution in [0.5, 0.6) is 0 Å². The fourth-order valence-electron chi connectivity index (χ4n) is 1.53. The maximum Gasteiger partial charge on any atom is 0.460 e. The minimum atomic E-state index is -6.62. The zero-order valence-electron chi connectivity index (χ0n) is 11.4. The lowest BCUT2D eigenvalue weighted by atomic mass is 10.0. The van der Waals surface area contributed by atoms with Crippen molar-refractivity contribution in [3.63, 3.8) is 0 Å². The Morgan fingerprint density at radius 3 is 1.87 bits per heavy atom.